The number of anilines is 3. The number of rotatable bonds is 3. The third-order valence-corrected chi connectivity index (χ3v) is 4.03. The number of nitrogen functional groups attached to an aromatic ring is 1. The second-order valence-corrected chi connectivity index (χ2v) is 5.78. The molecule has 0 aliphatic carbocycles. The minimum Gasteiger partial charge on any atom is -0.382 e. The first-order valence-electron chi connectivity index (χ1n) is 7.88. The summed E-state index contributed by atoms with van der Waals surface area (Å²) in [6.07, 6.45) is 5.58. The molecule has 1 saturated heterocycles. The number of hydrogen-bond acceptors (Lipinski definition) is 7. The van der Waals surface area contributed by atoms with Crippen LogP contribution >= 0.6 is 0 Å². The molecule has 0 unspecified atom stereocenters. The number of aromatic amines is 1. The fourth-order valence-corrected chi connectivity index (χ4v) is 2.83. The van der Waals surface area contributed by atoms with E-state index in [9.17, 15) is 4.79 Å². The first-order valence-corrected chi connectivity index (χ1v) is 7.88. The minimum atomic E-state index is -0.261. The van der Waals surface area contributed by atoms with Crippen LogP contribution in [0.3, 0.4) is 0 Å². The molecule has 10 heteroatoms. The molecule has 0 radical (unpaired) electrons. The van der Waals surface area contributed by atoms with E-state index in [1.807, 2.05) is 4.90 Å². The topological polar surface area (TPSA) is 138 Å². The minimum absolute atomic E-state index is 0.00335. The molecule has 128 valence electrons. The summed E-state index contributed by atoms with van der Waals surface area (Å²) in [6.45, 7) is 1.34. The fourth-order valence-electron chi connectivity index (χ4n) is 2.83. The van der Waals surface area contributed by atoms with Gasteiger partial charge in [0.15, 0.2) is 11.5 Å². The number of amides is 2. The highest BCUT2D eigenvalue weighted by Crippen LogP contribution is 2.21. The number of pyridine rings is 1. The van der Waals surface area contributed by atoms with E-state index in [-0.39, 0.29) is 12.1 Å². The molecule has 10 nitrogen and oxygen atoms in total. The van der Waals surface area contributed by atoms with Crippen molar-refractivity contribution in [3.05, 3.63) is 30.9 Å². The van der Waals surface area contributed by atoms with Crippen molar-refractivity contribution in [3.63, 3.8) is 0 Å². The van der Waals surface area contributed by atoms with Gasteiger partial charge >= 0.3 is 6.03 Å². The van der Waals surface area contributed by atoms with Crippen LogP contribution in [0, 0.1) is 0 Å². The van der Waals surface area contributed by atoms with Crippen LogP contribution in [0.25, 0.3) is 11.2 Å². The van der Waals surface area contributed by atoms with Gasteiger partial charge < -0.3 is 26.3 Å². The van der Waals surface area contributed by atoms with Crippen LogP contribution in [0.4, 0.5) is 22.2 Å². The standard InChI is InChI=1S/C15H17N9O/c16-12-11-13(19-8-18-11)23-14(22-12)24-5-3-10(7-24)21-15(25)20-9-2-1-4-17-6-9/h1-2,4,6,8,10H,3,5,7H2,(H2,20,21,25)(H3,16,18,19,22,23)/t10-/m1/s1. The molecule has 1 atom stereocenters. The molecule has 4 rings (SSSR count). The molecule has 5 N–H and O–H groups in total. The third kappa shape index (κ3) is 3.13. The summed E-state index contributed by atoms with van der Waals surface area (Å²) < 4.78 is 0. The Balaban J connectivity index is 1.39. The summed E-state index contributed by atoms with van der Waals surface area (Å²) in [7, 11) is 0. The third-order valence-electron chi connectivity index (χ3n) is 4.03. The first-order chi connectivity index (χ1) is 12.2. The predicted molar refractivity (Wildman–Crippen MR) is 93.1 cm³/mol. The van der Waals surface area contributed by atoms with Gasteiger partial charge in [-0.05, 0) is 18.6 Å². The second kappa shape index (κ2) is 6.23. The van der Waals surface area contributed by atoms with Crippen LogP contribution in [0.2, 0.25) is 0 Å². The molecule has 0 saturated carbocycles. The first kappa shape index (κ1) is 15.1. The molecular weight excluding hydrogens is 322 g/mol. The fraction of sp³-hybridized carbons (Fsp3) is 0.267. The van der Waals surface area contributed by atoms with Crippen LogP contribution in [0.1, 0.15) is 6.42 Å². The monoisotopic (exact) mass is 339 g/mol. The number of nitrogens with one attached hydrogen (secondary N) is 3. The largest absolute Gasteiger partial charge is 0.382 e. The van der Waals surface area contributed by atoms with Gasteiger partial charge in [0, 0.05) is 25.3 Å². The summed E-state index contributed by atoms with van der Waals surface area (Å²) in [5, 5.41) is 5.70. The maximum Gasteiger partial charge on any atom is 0.319 e. The number of carbonyl (C=O) groups is 1. The maximum absolute atomic E-state index is 12.1. The van der Waals surface area contributed by atoms with Gasteiger partial charge in [-0.1, -0.05) is 0 Å². The molecule has 2 amide bonds. The predicted octanol–water partition coefficient (Wildman–Crippen LogP) is 0.730. The quantitative estimate of drug-likeness (QED) is 0.552. The van der Waals surface area contributed by atoms with Crippen LogP contribution in [-0.2, 0) is 0 Å². The zero-order valence-corrected chi connectivity index (χ0v) is 13.3. The van der Waals surface area contributed by atoms with Crippen molar-refractivity contribution < 1.29 is 4.79 Å². The molecule has 4 heterocycles. The summed E-state index contributed by atoms with van der Waals surface area (Å²) in [4.78, 5) is 33.8. The van der Waals surface area contributed by atoms with E-state index in [2.05, 4.69) is 35.6 Å². The molecular formula is C15H17N9O. The normalized spacial score (nSPS) is 17.0. The van der Waals surface area contributed by atoms with E-state index in [0.717, 1.165) is 13.0 Å². The van der Waals surface area contributed by atoms with Crippen LogP contribution in [0.5, 0.6) is 0 Å². The number of carbonyl (C=O) groups excluding carboxylic acids is 1. The maximum atomic E-state index is 12.1. The molecule has 25 heavy (non-hydrogen) atoms. The average Bonchev–Trinajstić information content (AvgIpc) is 3.25. The number of aromatic nitrogens is 5. The lowest BCUT2D eigenvalue weighted by Crippen LogP contribution is -2.40. The van der Waals surface area contributed by atoms with E-state index >= 15 is 0 Å². The Hall–Kier alpha value is -3.43. The van der Waals surface area contributed by atoms with E-state index in [4.69, 9.17) is 5.73 Å². The summed E-state index contributed by atoms with van der Waals surface area (Å²) in [5.74, 6) is 0.886. The van der Waals surface area contributed by atoms with E-state index in [1.165, 1.54) is 6.33 Å². The molecule has 1 aliphatic rings. The van der Waals surface area contributed by atoms with Crippen molar-refractivity contribution in [3.8, 4) is 0 Å². The lowest BCUT2D eigenvalue weighted by molar-refractivity contribution is 0.249. The van der Waals surface area contributed by atoms with Gasteiger partial charge in [-0.2, -0.15) is 9.97 Å². The van der Waals surface area contributed by atoms with Gasteiger partial charge in [0.2, 0.25) is 5.95 Å². The Labute approximate surface area is 142 Å². The molecule has 0 bridgehead atoms. The summed E-state index contributed by atoms with van der Waals surface area (Å²) in [6, 6.07) is 3.28. The highest BCUT2D eigenvalue weighted by Gasteiger charge is 2.26. The highest BCUT2D eigenvalue weighted by molar-refractivity contribution is 5.89. The van der Waals surface area contributed by atoms with Crippen molar-refractivity contribution in [1.29, 1.82) is 0 Å². The van der Waals surface area contributed by atoms with E-state index in [1.54, 1.807) is 24.5 Å². The second-order valence-electron chi connectivity index (χ2n) is 5.78. The van der Waals surface area contributed by atoms with Gasteiger partial charge in [0.25, 0.3) is 0 Å². The van der Waals surface area contributed by atoms with E-state index in [0.29, 0.717) is 35.2 Å². The van der Waals surface area contributed by atoms with Gasteiger partial charge in [0.05, 0.1) is 18.2 Å². The Bertz CT molecular complexity index is 894. The Morgan fingerprint density at radius 1 is 1.40 bits per heavy atom. The Morgan fingerprint density at radius 3 is 3.16 bits per heavy atom. The Kier molecular flexibility index (Phi) is 3.77. The lowest BCUT2D eigenvalue weighted by Gasteiger charge is -2.17. The smallest absolute Gasteiger partial charge is 0.319 e. The molecule has 1 fully saturated rings. The van der Waals surface area contributed by atoms with Gasteiger partial charge in [0.1, 0.15) is 5.52 Å². The van der Waals surface area contributed by atoms with Gasteiger partial charge in [-0.25, -0.2) is 9.78 Å². The number of fused-ring (bicyclic) bond motifs is 1. The SMILES string of the molecule is Nc1nc(N2CC[C@@H](NC(=O)Nc3cccnc3)C2)nc2nc[nH]c12. The van der Waals surface area contributed by atoms with Crippen LogP contribution in [0.15, 0.2) is 30.9 Å². The number of hydrogen-bond donors (Lipinski definition) is 4. The zero-order valence-electron chi connectivity index (χ0n) is 13.3. The van der Waals surface area contributed by atoms with Crippen molar-refractivity contribution in [2.24, 2.45) is 0 Å². The summed E-state index contributed by atoms with van der Waals surface area (Å²) >= 11 is 0. The van der Waals surface area contributed by atoms with Crippen molar-refractivity contribution >= 4 is 34.6 Å². The number of imidazole rings is 1. The van der Waals surface area contributed by atoms with Gasteiger partial charge in [-0.15, -0.1) is 0 Å². The van der Waals surface area contributed by atoms with Crippen molar-refractivity contribution in [2.45, 2.75) is 12.5 Å². The summed E-state index contributed by atoms with van der Waals surface area (Å²) in [5.41, 5.74) is 7.75. The highest BCUT2D eigenvalue weighted by atomic mass is 16.2. The zero-order chi connectivity index (χ0) is 17.2. The molecule has 1 aliphatic heterocycles. The van der Waals surface area contributed by atoms with Crippen LogP contribution < -0.4 is 21.3 Å². The Morgan fingerprint density at radius 2 is 2.32 bits per heavy atom. The van der Waals surface area contributed by atoms with Gasteiger partial charge in [-0.3, -0.25) is 4.98 Å². The molecule has 0 spiro atoms. The number of urea groups is 1. The molecule has 3 aromatic rings. The molecule has 0 aromatic carbocycles. The lowest BCUT2D eigenvalue weighted by atomic mass is 10.3. The molecule has 3 aromatic heterocycles. The average molecular weight is 339 g/mol. The number of H-pyrrole nitrogens is 1. The van der Waals surface area contributed by atoms with Crippen molar-refractivity contribution in [2.75, 3.05) is 29.0 Å². The number of nitrogens with zero attached hydrogens (tertiary/aromatic N) is 5. The van der Waals surface area contributed by atoms with E-state index < -0.39 is 0 Å². The van der Waals surface area contributed by atoms with Crippen LogP contribution in [-0.4, -0.2) is 50.1 Å². The number of nitrogens with two attached hydrogens (primary N) is 1. The van der Waals surface area contributed by atoms with Crippen molar-refractivity contribution in [1.82, 2.24) is 30.2 Å².